The van der Waals surface area contributed by atoms with Crippen LogP contribution in [-0.4, -0.2) is 63.9 Å². The number of nitrogens with zero attached hydrogens (tertiary/aromatic N) is 4. The Balaban J connectivity index is 1.43. The first-order valence-electron chi connectivity index (χ1n) is 12.1. The quantitative estimate of drug-likeness (QED) is 0.337. The Morgan fingerprint density at radius 2 is 2.24 bits per heavy atom. The Hall–Kier alpha value is -4.02. The summed E-state index contributed by atoms with van der Waals surface area (Å²) in [4.78, 5) is 23.4. The molecule has 0 saturated carbocycles. The fraction of sp³-hybridized carbons (Fsp3) is 0.296. The Labute approximate surface area is 214 Å². The molecule has 3 N–H and O–H groups in total. The zero-order valence-electron chi connectivity index (χ0n) is 20.7. The van der Waals surface area contributed by atoms with Crippen molar-refractivity contribution < 1.29 is 19.0 Å². The molecule has 9 nitrogen and oxygen atoms in total. The van der Waals surface area contributed by atoms with Crippen LogP contribution in [0, 0.1) is 5.82 Å². The van der Waals surface area contributed by atoms with Gasteiger partial charge in [-0.25, -0.2) is 14.4 Å². The smallest absolute Gasteiger partial charge is 0.254 e. The molecule has 192 valence electrons. The van der Waals surface area contributed by atoms with Crippen LogP contribution in [0.5, 0.6) is 0 Å². The number of aliphatic imine (C=N–C) groups is 1. The summed E-state index contributed by atoms with van der Waals surface area (Å²) >= 11 is 0. The molecule has 2 atom stereocenters. The number of morpholine rings is 1. The molecule has 0 unspecified atom stereocenters. The van der Waals surface area contributed by atoms with Crippen LogP contribution in [0.15, 0.2) is 65.3 Å². The van der Waals surface area contributed by atoms with Crippen LogP contribution in [0.4, 0.5) is 10.1 Å². The number of benzene rings is 1. The third-order valence-corrected chi connectivity index (χ3v) is 6.76. The largest absolute Gasteiger partial charge is 0.391 e. The normalized spacial score (nSPS) is 19.1. The molecule has 5 rings (SSSR count). The summed E-state index contributed by atoms with van der Waals surface area (Å²) in [6.45, 7) is 9.64. The number of aromatic nitrogens is 2. The molecule has 37 heavy (non-hydrogen) atoms. The number of pyridine rings is 1. The first kappa shape index (κ1) is 24.7. The molecule has 10 heteroatoms. The molecular formula is C27H29FN6O3. The van der Waals surface area contributed by atoms with Gasteiger partial charge in [-0.2, -0.15) is 0 Å². The van der Waals surface area contributed by atoms with Gasteiger partial charge in [0, 0.05) is 43.2 Å². The van der Waals surface area contributed by atoms with Gasteiger partial charge in [-0.05, 0) is 50.4 Å². The van der Waals surface area contributed by atoms with E-state index in [4.69, 9.17) is 4.74 Å². The van der Waals surface area contributed by atoms with Crippen LogP contribution in [0.3, 0.4) is 0 Å². The second-order valence-corrected chi connectivity index (χ2v) is 9.15. The predicted molar refractivity (Wildman–Crippen MR) is 140 cm³/mol. The molecule has 2 aliphatic heterocycles. The minimum atomic E-state index is -0.545. The fourth-order valence-electron chi connectivity index (χ4n) is 4.71. The van der Waals surface area contributed by atoms with Gasteiger partial charge in [0.1, 0.15) is 23.4 Å². The number of nitrogens with one attached hydrogen (secondary N) is 2. The molecule has 0 aliphatic carbocycles. The average Bonchev–Trinajstić information content (AvgIpc) is 3.50. The van der Waals surface area contributed by atoms with E-state index in [9.17, 15) is 14.3 Å². The van der Waals surface area contributed by atoms with E-state index in [2.05, 4.69) is 32.2 Å². The van der Waals surface area contributed by atoms with Gasteiger partial charge in [0.25, 0.3) is 5.91 Å². The highest BCUT2D eigenvalue weighted by Crippen LogP contribution is 2.35. The van der Waals surface area contributed by atoms with Crippen LogP contribution in [0.1, 0.15) is 29.8 Å². The molecular weight excluding hydrogens is 475 g/mol. The summed E-state index contributed by atoms with van der Waals surface area (Å²) in [5.41, 5.74) is 5.06. The standard InChI is InChI=1S/C27H29FN6O3/c1-16(33-10-11-37-23(15-33)17(2)35)4-7-24(29-3)32-21-6-5-19(20-13-31-27(36)26(20)21)22-14-30-25-12-18(28)8-9-34(22)25/h4-9,12,14,17,23,32,35H,3,10-11,13,15H2,1-2H3,(H,31,36)/b16-4+,24-7+/t17-,23+/m1/s1. The Morgan fingerprint density at radius 1 is 1.41 bits per heavy atom. The van der Waals surface area contributed by atoms with Crippen molar-refractivity contribution in [3.8, 4) is 11.3 Å². The summed E-state index contributed by atoms with van der Waals surface area (Å²) in [6.07, 6.45) is 6.26. The van der Waals surface area contributed by atoms with Crippen molar-refractivity contribution in [2.24, 2.45) is 4.99 Å². The van der Waals surface area contributed by atoms with Crippen molar-refractivity contribution >= 4 is 24.0 Å². The first-order chi connectivity index (χ1) is 17.9. The number of carbonyl (C=O) groups excluding carboxylic acids is 1. The van der Waals surface area contributed by atoms with Crippen molar-refractivity contribution in [3.63, 3.8) is 0 Å². The van der Waals surface area contributed by atoms with Gasteiger partial charge in [0.05, 0.1) is 35.9 Å². The molecule has 3 aromatic rings. The Morgan fingerprint density at radius 3 is 3.03 bits per heavy atom. The van der Waals surface area contributed by atoms with E-state index in [-0.39, 0.29) is 17.8 Å². The topological polar surface area (TPSA) is 103 Å². The summed E-state index contributed by atoms with van der Waals surface area (Å²) < 4.78 is 21.1. The highest BCUT2D eigenvalue weighted by Gasteiger charge is 2.27. The van der Waals surface area contributed by atoms with Crippen LogP contribution in [0.2, 0.25) is 0 Å². The Kier molecular flexibility index (Phi) is 6.77. The number of imidazole rings is 1. The van der Waals surface area contributed by atoms with Gasteiger partial charge in [0.15, 0.2) is 0 Å². The van der Waals surface area contributed by atoms with Gasteiger partial charge in [0.2, 0.25) is 0 Å². The monoisotopic (exact) mass is 504 g/mol. The van der Waals surface area contributed by atoms with Gasteiger partial charge in [-0.15, -0.1) is 0 Å². The van der Waals surface area contributed by atoms with Crippen molar-refractivity contribution in [2.45, 2.75) is 32.6 Å². The Bertz CT molecular complexity index is 1430. The van der Waals surface area contributed by atoms with E-state index in [1.54, 1.807) is 29.8 Å². The zero-order chi connectivity index (χ0) is 26.1. The fourth-order valence-corrected chi connectivity index (χ4v) is 4.71. The SMILES string of the molecule is C=N/C(=C\C=C(/C)N1CCO[C@H]([C@@H](C)O)C1)Nc1ccc(-c2cnc3cc(F)ccn23)c2c1C(=O)NC2. The van der Waals surface area contributed by atoms with Gasteiger partial charge in [-0.1, -0.05) is 6.07 Å². The van der Waals surface area contributed by atoms with Gasteiger partial charge >= 0.3 is 0 Å². The maximum atomic E-state index is 13.6. The summed E-state index contributed by atoms with van der Waals surface area (Å²) in [5, 5.41) is 16.0. The van der Waals surface area contributed by atoms with E-state index < -0.39 is 6.10 Å². The molecule has 1 amide bonds. The maximum Gasteiger partial charge on any atom is 0.254 e. The predicted octanol–water partition coefficient (Wildman–Crippen LogP) is 3.32. The second kappa shape index (κ2) is 10.2. The molecule has 1 fully saturated rings. The third kappa shape index (κ3) is 4.85. The lowest BCUT2D eigenvalue weighted by molar-refractivity contribution is -0.0747. The number of aliphatic hydroxyl groups is 1. The number of allylic oxidation sites excluding steroid dienone is 3. The van der Waals surface area contributed by atoms with E-state index in [0.29, 0.717) is 42.4 Å². The molecule has 0 radical (unpaired) electrons. The molecule has 4 heterocycles. The van der Waals surface area contributed by atoms with Crippen LogP contribution in [0.25, 0.3) is 16.9 Å². The summed E-state index contributed by atoms with van der Waals surface area (Å²) in [5.74, 6) is -0.0605. The lowest BCUT2D eigenvalue weighted by Gasteiger charge is -2.36. The number of ether oxygens (including phenoxy) is 1. The second-order valence-electron chi connectivity index (χ2n) is 9.15. The van der Waals surface area contributed by atoms with Crippen molar-refractivity contribution in [2.75, 3.05) is 25.0 Å². The molecule has 1 saturated heterocycles. The number of rotatable bonds is 7. The number of amides is 1. The minimum Gasteiger partial charge on any atom is -0.391 e. The van der Waals surface area contributed by atoms with E-state index in [0.717, 1.165) is 29.1 Å². The number of anilines is 1. The van der Waals surface area contributed by atoms with Gasteiger partial charge in [-0.3, -0.25) is 9.20 Å². The molecule has 0 spiro atoms. The lowest BCUT2D eigenvalue weighted by Crippen LogP contribution is -2.45. The lowest BCUT2D eigenvalue weighted by atomic mass is 9.99. The first-order valence-corrected chi connectivity index (χ1v) is 12.1. The van der Waals surface area contributed by atoms with Gasteiger partial charge < -0.3 is 25.4 Å². The van der Waals surface area contributed by atoms with Crippen molar-refractivity contribution in [1.82, 2.24) is 19.6 Å². The maximum absolute atomic E-state index is 13.6. The highest BCUT2D eigenvalue weighted by atomic mass is 19.1. The number of hydrogen-bond acceptors (Lipinski definition) is 7. The van der Waals surface area contributed by atoms with Crippen LogP contribution >= 0.6 is 0 Å². The summed E-state index contributed by atoms with van der Waals surface area (Å²) in [6, 6.07) is 6.49. The third-order valence-electron chi connectivity index (χ3n) is 6.76. The van der Waals surface area contributed by atoms with Crippen LogP contribution in [-0.2, 0) is 11.3 Å². The van der Waals surface area contributed by atoms with Crippen molar-refractivity contribution in [1.29, 1.82) is 0 Å². The molecule has 2 aromatic heterocycles. The van der Waals surface area contributed by atoms with E-state index in [1.165, 1.54) is 12.1 Å². The number of aliphatic hydroxyl groups excluding tert-OH is 1. The van der Waals surface area contributed by atoms with E-state index >= 15 is 0 Å². The van der Waals surface area contributed by atoms with E-state index in [1.807, 2.05) is 25.1 Å². The molecule has 0 bridgehead atoms. The minimum absolute atomic E-state index is 0.188. The number of hydrogen-bond donors (Lipinski definition) is 3. The average molecular weight is 505 g/mol. The highest BCUT2D eigenvalue weighted by molar-refractivity contribution is 6.05. The molecule has 1 aromatic carbocycles. The summed E-state index contributed by atoms with van der Waals surface area (Å²) in [7, 11) is 0. The number of halogens is 1. The van der Waals surface area contributed by atoms with Crippen LogP contribution < -0.4 is 10.6 Å². The number of fused-ring (bicyclic) bond motifs is 2. The number of carbonyl (C=O) groups is 1. The van der Waals surface area contributed by atoms with Crippen molar-refractivity contribution in [3.05, 3.63) is 77.3 Å². The zero-order valence-corrected chi connectivity index (χ0v) is 20.7. The molecule has 2 aliphatic rings.